The van der Waals surface area contributed by atoms with E-state index < -0.39 is 0 Å². The van der Waals surface area contributed by atoms with E-state index in [1.54, 1.807) is 13.2 Å². The molecule has 1 fully saturated rings. The first kappa shape index (κ1) is 19.1. The Hall–Kier alpha value is -2.87. The van der Waals surface area contributed by atoms with Crippen LogP contribution in [0.5, 0.6) is 0 Å². The highest BCUT2D eigenvalue weighted by molar-refractivity contribution is 7.20. The number of para-hydroxylation sites is 1. The third-order valence-electron chi connectivity index (χ3n) is 5.54. The second-order valence-corrected chi connectivity index (χ2v) is 8.36. The Balaban J connectivity index is 1.47. The molecule has 1 aromatic carbocycles. The van der Waals surface area contributed by atoms with Crippen molar-refractivity contribution in [2.75, 3.05) is 26.7 Å². The molecule has 4 heterocycles. The van der Waals surface area contributed by atoms with E-state index in [2.05, 4.69) is 38.4 Å². The van der Waals surface area contributed by atoms with Gasteiger partial charge < -0.3 is 10.1 Å². The summed E-state index contributed by atoms with van der Waals surface area (Å²) in [4.78, 5) is 25.4. The number of carbonyl (C=O) groups excluding carboxylic acids is 1. The third kappa shape index (κ3) is 3.45. The molecular formula is C23H22N4O2S. The predicted octanol–water partition coefficient (Wildman–Crippen LogP) is 3.78. The van der Waals surface area contributed by atoms with Gasteiger partial charge in [0.15, 0.2) is 0 Å². The second kappa shape index (κ2) is 8.10. The van der Waals surface area contributed by atoms with Crippen molar-refractivity contribution in [3.8, 4) is 0 Å². The number of thiophene rings is 1. The summed E-state index contributed by atoms with van der Waals surface area (Å²) < 4.78 is 6.17. The van der Waals surface area contributed by atoms with E-state index in [1.165, 1.54) is 22.3 Å². The van der Waals surface area contributed by atoms with Crippen molar-refractivity contribution in [1.82, 2.24) is 20.2 Å². The molecule has 6 nitrogen and oxygen atoms in total. The highest BCUT2D eigenvalue weighted by Crippen LogP contribution is 2.37. The average Bonchev–Trinajstić information content (AvgIpc) is 3.19. The molecule has 0 aliphatic carbocycles. The molecule has 1 amide bonds. The number of aromatic nitrogens is 2. The van der Waals surface area contributed by atoms with E-state index >= 15 is 0 Å². The molecule has 1 aliphatic rings. The topological polar surface area (TPSA) is 67.4 Å². The van der Waals surface area contributed by atoms with Crippen LogP contribution in [0.3, 0.4) is 0 Å². The maximum atomic E-state index is 12.6. The van der Waals surface area contributed by atoms with Gasteiger partial charge >= 0.3 is 0 Å². The lowest BCUT2D eigenvalue weighted by molar-refractivity contribution is -0.0322. The maximum absolute atomic E-state index is 12.6. The summed E-state index contributed by atoms with van der Waals surface area (Å²) in [6, 6.07) is 14.3. The van der Waals surface area contributed by atoms with Crippen LogP contribution in [0.25, 0.3) is 21.1 Å². The van der Waals surface area contributed by atoms with Crippen LogP contribution < -0.4 is 5.32 Å². The Morgan fingerprint density at radius 3 is 2.93 bits per heavy atom. The lowest BCUT2D eigenvalue weighted by atomic mass is 10.0. The van der Waals surface area contributed by atoms with E-state index in [4.69, 9.17) is 4.74 Å². The van der Waals surface area contributed by atoms with Crippen molar-refractivity contribution < 1.29 is 9.53 Å². The van der Waals surface area contributed by atoms with E-state index in [9.17, 15) is 4.79 Å². The molecule has 30 heavy (non-hydrogen) atoms. The minimum Gasteiger partial charge on any atom is -0.371 e. The van der Waals surface area contributed by atoms with Crippen LogP contribution in [0.15, 0.2) is 54.9 Å². The van der Waals surface area contributed by atoms with Gasteiger partial charge in [0.05, 0.1) is 18.2 Å². The number of fused-ring (bicyclic) bond motifs is 2. The Kier molecular flexibility index (Phi) is 5.16. The minimum atomic E-state index is -0.169. The highest BCUT2D eigenvalue weighted by atomic mass is 32.1. The number of nitrogens with one attached hydrogen (secondary N) is 1. The fourth-order valence-corrected chi connectivity index (χ4v) is 5.25. The smallest absolute Gasteiger partial charge is 0.261 e. The van der Waals surface area contributed by atoms with Gasteiger partial charge in [-0.1, -0.05) is 24.3 Å². The number of benzene rings is 1. The zero-order valence-electron chi connectivity index (χ0n) is 16.7. The van der Waals surface area contributed by atoms with Crippen molar-refractivity contribution in [2.45, 2.75) is 12.6 Å². The molecule has 7 heteroatoms. The standard InChI is InChI=1S/C23H22N4O2S/c1-24-22(28)21-20(17-6-4-9-26-23(17)30-21)19-14-27(11-12-29-19)13-15-8-10-25-18-7-3-2-5-16(15)18/h2-10,19H,11-14H2,1H3,(H,24,28)/t19-/m0/s1. The Bertz CT molecular complexity index is 1220. The quantitative estimate of drug-likeness (QED) is 0.546. The molecule has 5 rings (SSSR count). The summed E-state index contributed by atoms with van der Waals surface area (Å²) >= 11 is 1.43. The molecule has 1 aliphatic heterocycles. The van der Waals surface area contributed by atoms with Crippen LogP contribution in [0.1, 0.15) is 26.9 Å². The second-order valence-electron chi connectivity index (χ2n) is 7.36. The fourth-order valence-electron chi connectivity index (χ4n) is 4.11. The zero-order chi connectivity index (χ0) is 20.5. The van der Waals surface area contributed by atoms with E-state index in [-0.39, 0.29) is 12.0 Å². The van der Waals surface area contributed by atoms with E-state index in [0.29, 0.717) is 11.5 Å². The van der Waals surface area contributed by atoms with Gasteiger partial charge in [-0.2, -0.15) is 0 Å². The maximum Gasteiger partial charge on any atom is 0.261 e. The van der Waals surface area contributed by atoms with Crippen molar-refractivity contribution in [3.05, 3.63) is 70.9 Å². The Labute approximate surface area is 178 Å². The van der Waals surface area contributed by atoms with Gasteiger partial charge in [0.1, 0.15) is 9.71 Å². The third-order valence-corrected chi connectivity index (χ3v) is 6.67. The largest absolute Gasteiger partial charge is 0.371 e. The number of amides is 1. The predicted molar refractivity (Wildman–Crippen MR) is 119 cm³/mol. The summed E-state index contributed by atoms with van der Waals surface area (Å²) in [5.74, 6) is -0.0890. The number of hydrogen-bond acceptors (Lipinski definition) is 6. The average molecular weight is 419 g/mol. The van der Waals surface area contributed by atoms with Crippen LogP contribution in [-0.4, -0.2) is 47.5 Å². The molecule has 1 N–H and O–H groups in total. The molecule has 0 unspecified atom stereocenters. The number of morpholine rings is 1. The van der Waals surface area contributed by atoms with Crippen LogP contribution in [0.2, 0.25) is 0 Å². The molecule has 0 spiro atoms. The monoisotopic (exact) mass is 418 g/mol. The molecule has 1 saturated heterocycles. The Morgan fingerprint density at radius 1 is 1.17 bits per heavy atom. The van der Waals surface area contributed by atoms with Gasteiger partial charge in [0.2, 0.25) is 0 Å². The molecule has 4 aromatic rings. The van der Waals surface area contributed by atoms with Gasteiger partial charge in [-0.25, -0.2) is 4.98 Å². The first-order valence-electron chi connectivity index (χ1n) is 10.0. The summed E-state index contributed by atoms with van der Waals surface area (Å²) in [5.41, 5.74) is 3.22. The number of pyridine rings is 2. The van der Waals surface area contributed by atoms with Gasteiger partial charge in [-0.3, -0.25) is 14.7 Å². The van der Waals surface area contributed by atoms with Crippen LogP contribution in [0, 0.1) is 0 Å². The molecule has 1 atom stereocenters. The van der Waals surface area contributed by atoms with Crippen molar-refractivity contribution >= 4 is 38.4 Å². The molecular weight excluding hydrogens is 396 g/mol. The molecule has 0 bridgehead atoms. The van der Waals surface area contributed by atoms with E-state index in [1.807, 2.05) is 30.5 Å². The lowest BCUT2D eigenvalue weighted by Gasteiger charge is -2.33. The van der Waals surface area contributed by atoms with Gasteiger partial charge in [0, 0.05) is 55.4 Å². The molecule has 0 saturated carbocycles. The van der Waals surface area contributed by atoms with Crippen LogP contribution in [-0.2, 0) is 11.3 Å². The lowest BCUT2D eigenvalue weighted by Crippen LogP contribution is -2.38. The SMILES string of the molecule is CNC(=O)c1sc2ncccc2c1[C@@H]1CN(Cc2ccnc3ccccc23)CCO1. The van der Waals surface area contributed by atoms with Gasteiger partial charge in [0.25, 0.3) is 5.91 Å². The summed E-state index contributed by atoms with van der Waals surface area (Å²) in [6.07, 6.45) is 3.47. The summed E-state index contributed by atoms with van der Waals surface area (Å²) in [6.45, 7) is 3.02. The first-order chi connectivity index (χ1) is 14.7. The number of carbonyl (C=O) groups is 1. The first-order valence-corrected chi connectivity index (χ1v) is 10.8. The molecule has 152 valence electrons. The highest BCUT2D eigenvalue weighted by Gasteiger charge is 2.30. The normalized spacial score (nSPS) is 17.4. The number of rotatable bonds is 4. The number of ether oxygens (including phenoxy) is 1. The van der Waals surface area contributed by atoms with Crippen molar-refractivity contribution in [3.63, 3.8) is 0 Å². The van der Waals surface area contributed by atoms with Crippen LogP contribution in [0.4, 0.5) is 0 Å². The van der Waals surface area contributed by atoms with Crippen molar-refractivity contribution in [1.29, 1.82) is 0 Å². The van der Waals surface area contributed by atoms with E-state index in [0.717, 1.165) is 40.9 Å². The minimum absolute atomic E-state index is 0.0890. The summed E-state index contributed by atoms with van der Waals surface area (Å²) in [7, 11) is 1.66. The fraction of sp³-hybridized carbons (Fsp3) is 0.261. The number of nitrogens with zero attached hydrogens (tertiary/aromatic N) is 3. The van der Waals surface area contributed by atoms with Crippen molar-refractivity contribution in [2.24, 2.45) is 0 Å². The zero-order valence-corrected chi connectivity index (χ0v) is 17.5. The van der Waals surface area contributed by atoms with Crippen LogP contribution >= 0.6 is 11.3 Å². The molecule has 0 radical (unpaired) electrons. The molecule has 3 aromatic heterocycles. The van der Waals surface area contributed by atoms with Gasteiger partial charge in [-0.05, 0) is 23.8 Å². The summed E-state index contributed by atoms with van der Waals surface area (Å²) in [5, 5.41) is 4.94. The van der Waals surface area contributed by atoms with Gasteiger partial charge in [-0.15, -0.1) is 11.3 Å². The Morgan fingerprint density at radius 2 is 2.03 bits per heavy atom. The number of hydrogen-bond donors (Lipinski definition) is 1.